The predicted octanol–water partition coefficient (Wildman–Crippen LogP) is 2.21. The first-order chi connectivity index (χ1) is 6.94. The van der Waals surface area contributed by atoms with Crippen LogP contribution >= 0.6 is 0 Å². The van der Waals surface area contributed by atoms with Gasteiger partial charge in [-0.05, 0) is 24.5 Å². The van der Waals surface area contributed by atoms with Crippen molar-refractivity contribution in [3.05, 3.63) is 30.1 Å². The third-order valence-corrected chi connectivity index (χ3v) is 3.06. The third-order valence-electron chi connectivity index (χ3n) is 3.06. The minimum Gasteiger partial charge on any atom is -0.321 e. The molecule has 5 heteroatoms. The molecule has 0 saturated heterocycles. The lowest BCUT2D eigenvalue weighted by Gasteiger charge is -2.47. The van der Waals surface area contributed by atoms with Crippen molar-refractivity contribution >= 4 is 0 Å². The summed E-state index contributed by atoms with van der Waals surface area (Å²) in [5.41, 5.74) is 4.99. The average Bonchev–Trinajstić information content (AvgIpc) is 2.14. The van der Waals surface area contributed by atoms with E-state index in [0.717, 1.165) is 0 Å². The fraction of sp³-hybridized carbons (Fsp3) is 0.500. The van der Waals surface area contributed by atoms with Crippen molar-refractivity contribution in [2.45, 2.75) is 24.6 Å². The number of pyridine rings is 1. The maximum Gasteiger partial charge on any atom is 0.393 e. The first-order valence-electron chi connectivity index (χ1n) is 4.71. The van der Waals surface area contributed by atoms with E-state index in [2.05, 4.69) is 4.98 Å². The zero-order chi connectivity index (χ0) is 11.1. The fourth-order valence-electron chi connectivity index (χ4n) is 2.04. The fourth-order valence-corrected chi connectivity index (χ4v) is 2.04. The molecule has 1 heterocycles. The van der Waals surface area contributed by atoms with Crippen LogP contribution in [0.5, 0.6) is 0 Å². The zero-order valence-corrected chi connectivity index (χ0v) is 7.96. The average molecular weight is 216 g/mol. The van der Waals surface area contributed by atoms with Crippen molar-refractivity contribution in [2.75, 3.05) is 0 Å². The summed E-state index contributed by atoms with van der Waals surface area (Å²) in [4.78, 5) is 3.80. The highest BCUT2D eigenvalue weighted by atomic mass is 19.4. The largest absolute Gasteiger partial charge is 0.393 e. The van der Waals surface area contributed by atoms with Gasteiger partial charge >= 0.3 is 6.18 Å². The monoisotopic (exact) mass is 216 g/mol. The van der Waals surface area contributed by atoms with Crippen LogP contribution in [0, 0.1) is 5.92 Å². The SMILES string of the molecule is N[C@@]1(c2cccnc2)CC[C@H]1C(F)(F)F. The summed E-state index contributed by atoms with van der Waals surface area (Å²) in [5, 5.41) is 0. The Hall–Kier alpha value is -1.10. The topological polar surface area (TPSA) is 38.9 Å². The normalized spacial score (nSPS) is 31.1. The van der Waals surface area contributed by atoms with Crippen molar-refractivity contribution in [3.63, 3.8) is 0 Å². The molecule has 2 nitrogen and oxygen atoms in total. The van der Waals surface area contributed by atoms with E-state index in [4.69, 9.17) is 5.73 Å². The summed E-state index contributed by atoms with van der Waals surface area (Å²) in [6, 6.07) is 3.21. The summed E-state index contributed by atoms with van der Waals surface area (Å²) in [5.74, 6) is -1.44. The van der Waals surface area contributed by atoms with Gasteiger partial charge in [0.25, 0.3) is 0 Å². The maximum atomic E-state index is 12.6. The number of nitrogens with zero attached hydrogens (tertiary/aromatic N) is 1. The van der Waals surface area contributed by atoms with Gasteiger partial charge in [-0.25, -0.2) is 0 Å². The Kier molecular flexibility index (Phi) is 2.22. The van der Waals surface area contributed by atoms with Crippen molar-refractivity contribution in [1.29, 1.82) is 0 Å². The number of halogens is 3. The lowest BCUT2D eigenvalue weighted by molar-refractivity contribution is -0.220. The molecule has 2 rings (SSSR count). The highest BCUT2D eigenvalue weighted by Gasteiger charge is 2.58. The maximum absolute atomic E-state index is 12.6. The first-order valence-corrected chi connectivity index (χ1v) is 4.71. The van der Waals surface area contributed by atoms with E-state index in [9.17, 15) is 13.2 Å². The molecule has 0 aromatic carbocycles. The Morgan fingerprint density at radius 2 is 2.20 bits per heavy atom. The van der Waals surface area contributed by atoms with E-state index in [0.29, 0.717) is 12.0 Å². The standard InChI is InChI=1S/C10H11F3N2/c11-10(12,13)8-3-4-9(8,14)7-2-1-5-15-6-7/h1-2,5-6,8H,3-4,14H2/t8-,9-/m1/s1. The Morgan fingerprint density at radius 3 is 2.60 bits per heavy atom. The van der Waals surface area contributed by atoms with Gasteiger partial charge in [-0.15, -0.1) is 0 Å². The number of rotatable bonds is 1. The molecule has 2 N–H and O–H groups in total. The van der Waals surface area contributed by atoms with E-state index in [-0.39, 0.29) is 6.42 Å². The van der Waals surface area contributed by atoms with E-state index < -0.39 is 17.6 Å². The summed E-state index contributed by atoms with van der Waals surface area (Å²) >= 11 is 0. The van der Waals surface area contributed by atoms with Crippen LogP contribution in [0.15, 0.2) is 24.5 Å². The Morgan fingerprint density at radius 1 is 1.47 bits per heavy atom. The third kappa shape index (κ3) is 1.61. The molecule has 1 aromatic rings. The summed E-state index contributed by atoms with van der Waals surface area (Å²) < 4.78 is 37.7. The molecular weight excluding hydrogens is 205 g/mol. The Bertz CT molecular complexity index is 349. The van der Waals surface area contributed by atoms with Gasteiger partial charge in [0.1, 0.15) is 0 Å². The van der Waals surface area contributed by atoms with Crippen molar-refractivity contribution in [2.24, 2.45) is 11.7 Å². The van der Waals surface area contributed by atoms with Crippen LogP contribution in [0.4, 0.5) is 13.2 Å². The smallest absolute Gasteiger partial charge is 0.321 e. The van der Waals surface area contributed by atoms with Crippen molar-refractivity contribution in [1.82, 2.24) is 4.98 Å². The molecular formula is C10H11F3N2. The summed E-state index contributed by atoms with van der Waals surface area (Å²) in [7, 11) is 0. The quantitative estimate of drug-likeness (QED) is 0.781. The van der Waals surface area contributed by atoms with E-state index in [1.54, 1.807) is 12.1 Å². The molecule has 1 aliphatic rings. The molecule has 1 fully saturated rings. The lowest BCUT2D eigenvalue weighted by atomic mass is 9.63. The van der Waals surface area contributed by atoms with Crippen LogP contribution < -0.4 is 5.73 Å². The van der Waals surface area contributed by atoms with E-state index in [1.165, 1.54) is 12.4 Å². The molecule has 1 saturated carbocycles. The highest BCUT2D eigenvalue weighted by Crippen LogP contribution is 2.52. The van der Waals surface area contributed by atoms with Crippen LogP contribution in [-0.2, 0) is 5.54 Å². The minimum atomic E-state index is -4.22. The van der Waals surface area contributed by atoms with Crippen LogP contribution in [0.25, 0.3) is 0 Å². The zero-order valence-electron chi connectivity index (χ0n) is 7.96. The number of nitrogens with two attached hydrogens (primary N) is 1. The van der Waals surface area contributed by atoms with Gasteiger partial charge in [0, 0.05) is 12.4 Å². The van der Waals surface area contributed by atoms with Gasteiger partial charge in [0.15, 0.2) is 0 Å². The Balaban J connectivity index is 2.29. The van der Waals surface area contributed by atoms with E-state index >= 15 is 0 Å². The van der Waals surface area contributed by atoms with Crippen LogP contribution in [-0.4, -0.2) is 11.2 Å². The second-order valence-electron chi connectivity index (χ2n) is 3.91. The second-order valence-corrected chi connectivity index (χ2v) is 3.91. The molecule has 0 bridgehead atoms. The molecule has 0 amide bonds. The number of alkyl halides is 3. The van der Waals surface area contributed by atoms with Gasteiger partial charge < -0.3 is 5.73 Å². The molecule has 1 aromatic heterocycles. The van der Waals surface area contributed by atoms with Crippen molar-refractivity contribution in [3.8, 4) is 0 Å². The molecule has 0 radical (unpaired) electrons. The minimum absolute atomic E-state index is 0.106. The molecule has 0 unspecified atom stereocenters. The number of hydrogen-bond donors (Lipinski definition) is 1. The van der Waals surface area contributed by atoms with Crippen LogP contribution in [0.2, 0.25) is 0 Å². The van der Waals surface area contributed by atoms with Crippen LogP contribution in [0.3, 0.4) is 0 Å². The van der Waals surface area contributed by atoms with E-state index in [1.807, 2.05) is 0 Å². The predicted molar refractivity (Wildman–Crippen MR) is 48.9 cm³/mol. The molecule has 82 valence electrons. The van der Waals surface area contributed by atoms with Gasteiger partial charge in [-0.1, -0.05) is 6.07 Å². The number of aromatic nitrogens is 1. The number of hydrogen-bond acceptors (Lipinski definition) is 2. The van der Waals surface area contributed by atoms with Gasteiger partial charge in [0.2, 0.25) is 0 Å². The highest BCUT2D eigenvalue weighted by molar-refractivity contribution is 5.25. The summed E-state index contributed by atoms with van der Waals surface area (Å²) in [6.07, 6.45) is -0.813. The molecule has 0 spiro atoms. The van der Waals surface area contributed by atoms with Gasteiger partial charge in [-0.3, -0.25) is 4.98 Å². The lowest BCUT2D eigenvalue weighted by Crippen LogP contribution is -2.57. The summed E-state index contributed by atoms with van der Waals surface area (Å²) in [6.45, 7) is 0. The Labute approximate surface area is 85.3 Å². The molecule has 0 aliphatic heterocycles. The van der Waals surface area contributed by atoms with Crippen LogP contribution in [0.1, 0.15) is 18.4 Å². The second kappa shape index (κ2) is 3.20. The molecule has 2 atom stereocenters. The molecule has 1 aliphatic carbocycles. The van der Waals surface area contributed by atoms with Crippen molar-refractivity contribution < 1.29 is 13.2 Å². The molecule has 15 heavy (non-hydrogen) atoms. The van der Waals surface area contributed by atoms with Gasteiger partial charge in [-0.2, -0.15) is 13.2 Å². The first kappa shape index (κ1) is 10.4. The van der Waals surface area contributed by atoms with Gasteiger partial charge in [0.05, 0.1) is 11.5 Å².